The molecule has 0 radical (unpaired) electrons. The largest absolute Gasteiger partial charge is 0.383 e. The van der Waals surface area contributed by atoms with Gasteiger partial charge in [0.15, 0.2) is 0 Å². The lowest BCUT2D eigenvalue weighted by atomic mass is 10.1. The monoisotopic (exact) mass is 237 g/mol. The Morgan fingerprint density at radius 3 is 2.53 bits per heavy atom. The lowest BCUT2D eigenvalue weighted by molar-refractivity contribution is 0.579. The second-order valence-electron chi connectivity index (χ2n) is 4.58. The smallest absolute Gasteiger partial charge is 0.257 e. The molecule has 0 amide bonds. The number of hydrogen-bond acceptors (Lipinski definition) is 5. The summed E-state index contributed by atoms with van der Waals surface area (Å²) in [5, 5.41) is 3.25. The summed E-state index contributed by atoms with van der Waals surface area (Å²) >= 11 is 0. The molecule has 1 fully saturated rings. The third kappa shape index (κ3) is 2.41. The van der Waals surface area contributed by atoms with Gasteiger partial charge in [-0.2, -0.15) is 4.98 Å². The molecule has 2 rings (SSSR count). The van der Waals surface area contributed by atoms with Crippen LogP contribution in [0.4, 0.5) is 11.8 Å². The molecule has 1 aliphatic rings. The minimum Gasteiger partial charge on any atom is -0.383 e. The molecule has 17 heavy (non-hydrogen) atoms. The van der Waals surface area contributed by atoms with E-state index in [2.05, 4.69) is 15.3 Å². The van der Waals surface area contributed by atoms with Gasteiger partial charge in [-0.25, -0.2) is 0 Å². The molecular formula is C11H19N5O. The maximum Gasteiger partial charge on any atom is 0.257 e. The molecule has 2 heterocycles. The number of nitrogens with two attached hydrogens (primary N) is 1. The third-order valence-corrected chi connectivity index (χ3v) is 2.97. The van der Waals surface area contributed by atoms with Crippen LogP contribution in [0.3, 0.4) is 0 Å². The number of piperazine rings is 1. The van der Waals surface area contributed by atoms with Crippen molar-refractivity contribution in [2.45, 2.75) is 19.8 Å². The zero-order valence-electron chi connectivity index (χ0n) is 10.3. The Hall–Kier alpha value is -1.56. The van der Waals surface area contributed by atoms with E-state index in [4.69, 9.17) is 5.73 Å². The summed E-state index contributed by atoms with van der Waals surface area (Å²) in [6.07, 6.45) is 0. The van der Waals surface area contributed by atoms with Gasteiger partial charge in [0, 0.05) is 26.2 Å². The fourth-order valence-corrected chi connectivity index (χ4v) is 2.07. The first-order valence-electron chi connectivity index (χ1n) is 5.95. The van der Waals surface area contributed by atoms with Crippen molar-refractivity contribution in [2.75, 3.05) is 36.8 Å². The van der Waals surface area contributed by atoms with Crippen LogP contribution in [0, 0.1) is 0 Å². The maximum absolute atomic E-state index is 11.9. The SMILES string of the molecule is CC(C)c1c(N)nc(N2CCNCC2)[nH]c1=O. The van der Waals surface area contributed by atoms with Crippen molar-refractivity contribution in [2.24, 2.45) is 0 Å². The summed E-state index contributed by atoms with van der Waals surface area (Å²) in [7, 11) is 0. The van der Waals surface area contributed by atoms with Crippen LogP contribution in [0.5, 0.6) is 0 Å². The zero-order chi connectivity index (χ0) is 12.4. The highest BCUT2D eigenvalue weighted by molar-refractivity contribution is 5.45. The first kappa shape index (κ1) is 11.9. The van der Waals surface area contributed by atoms with E-state index >= 15 is 0 Å². The molecule has 1 aromatic heterocycles. The molecule has 1 saturated heterocycles. The highest BCUT2D eigenvalue weighted by atomic mass is 16.1. The molecule has 6 nitrogen and oxygen atoms in total. The fraction of sp³-hybridized carbons (Fsp3) is 0.636. The number of rotatable bonds is 2. The number of aromatic amines is 1. The van der Waals surface area contributed by atoms with Crippen molar-refractivity contribution in [3.05, 3.63) is 15.9 Å². The Balaban J connectivity index is 2.34. The van der Waals surface area contributed by atoms with E-state index < -0.39 is 0 Å². The van der Waals surface area contributed by atoms with Crippen molar-refractivity contribution in [1.29, 1.82) is 0 Å². The van der Waals surface area contributed by atoms with Gasteiger partial charge in [0.1, 0.15) is 5.82 Å². The Kier molecular flexibility index (Phi) is 3.33. The van der Waals surface area contributed by atoms with Gasteiger partial charge in [0.05, 0.1) is 5.56 Å². The van der Waals surface area contributed by atoms with E-state index in [1.807, 2.05) is 18.7 Å². The van der Waals surface area contributed by atoms with Crippen LogP contribution in [-0.2, 0) is 0 Å². The average Bonchev–Trinajstić information content (AvgIpc) is 2.28. The lowest BCUT2D eigenvalue weighted by Crippen LogP contribution is -2.45. The molecule has 6 heteroatoms. The quantitative estimate of drug-likeness (QED) is 0.668. The van der Waals surface area contributed by atoms with Gasteiger partial charge in [0.25, 0.3) is 5.56 Å². The summed E-state index contributed by atoms with van der Waals surface area (Å²) in [5.74, 6) is 1.01. The van der Waals surface area contributed by atoms with Crippen LogP contribution in [-0.4, -0.2) is 36.1 Å². The van der Waals surface area contributed by atoms with Crippen LogP contribution in [0.1, 0.15) is 25.3 Å². The highest BCUT2D eigenvalue weighted by Crippen LogP contribution is 2.17. The first-order valence-corrected chi connectivity index (χ1v) is 5.95. The van der Waals surface area contributed by atoms with Crippen LogP contribution in [0.25, 0.3) is 0 Å². The van der Waals surface area contributed by atoms with Gasteiger partial charge >= 0.3 is 0 Å². The molecule has 0 bridgehead atoms. The molecule has 0 unspecified atom stereocenters. The molecule has 0 atom stereocenters. The van der Waals surface area contributed by atoms with Crippen LogP contribution >= 0.6 is 0 Å². The van der Waals surface area contributed by atoms with Crippen LogP contribution < -0.4 is 21.5 Å². The summed E-state index contributed by atoms with van der Waals surface area (Å²) in [5.41, 5.74) is 6.31. The molecular weight excluding hydrogens is 218 g/mol. The molecule has 1 aliphatic heterocycles. The minimum atomic E-state index is -0.124. The summed E-state index contributed by atoms with van der Waals surface area (Å²) in [6.45, 7) is 7.35. The Morgan fingerprint density at radius 1 is 1.35 bits per heavy atom. The van der Waals surface area contributed by atoms with Gasteiger partial charge in [0.2, 0.25) is 5.95 Å². The summed E-state index contributed by atoms with van der Waals surface area (Å²) in [4.78, 5) is 21.1. The molecule has 0 aliphatic carbocycles. The predicted octanol–water partition coefficient (Wildman–Crippen LogP) is -0.115. The molecule has 0 saturated carbocycles. The van der Waals surface area contributed by atoms with E-state index in [1.165, 1.54) is 0 Å². The van der Waals surface area contributed by atoms with E-state index in [9.17, 15) is 4.79 Å². The van der Waals surface area contributed by atoms with Crippen molar-refractivity contribution in [3.63, 3.8) is 0 Å². The number of aromatic nitrogens is 2. The summed E-state index contributed by atoms with van der Waals surface area (Å²) in [6, 6.07) is 0. The maximum atomic E-state index is 11.9. The zero-order valence-corrected chi connectivity index (χ0v) is 10.3. The number of nitrogen functional groups attached to an aromatic ring is 1. The first-order chi connectivity index (χ1) is 8.09. The Labute approximate surface area is 100 Å². The van der Waals surface area contributed by atoms with Gasteiger partial charge < -0.3 is 16.0 Å². The molecule has 94 valence electrons. The van der Waals surface area contributed by atoms with Crippen molar-refractivity contribution >= 4 is 11.8 Å². The van der Waals surface area contributed by atoms with Crippen molar-refractivity contribution < 1.29 is 0 Å². The molecule has 0 spiro atoms. The normalized spacial score (nSPS) is 16.5. The average molecular weight is 237 g/mol. The summed E-state index contributed by atoms with van der Waals surface area (Å²) < 4.78 is 0. The second kappa shape index (κ2) is 4.75. The molecule has 0 aromatic carbocycles. The molecule has 1 aromatic rings. The van der Waals surface area contributed by atoms with E-state index in [-0.39, 0.29) is 11.5 Å². The van der Waals surface area contributed by atoms with E-state index in [1.54, 1.807) is 0 Å². The Morgan fingerprint density at radius 2 is 2.00 bits per heavy atom. The van der Waals surface area contributed by atoms with Gasteiger partial charge in [-0.3, -0.25) is 9.78 Å². The molecule has 4 N–H and O–H groups in total. The topological polar surface area (TPSA) is 87.0 Å². The fourth-order valence-electron chi connectivity index (χ4n) is 2.07. The number of H-pyrrole nitrogens is 1. The van der Waals surface area contributed by atoms with Crippen LogP contribution in [0.2, 0.25) is 0 Å². The number of nitrogens with one attached hydrogen (secondary N) is 2. The third-order valence-electron chi connectivity index (χ3n) is 2.97. The van der Waals surface area contributed by atoms with Crippen LogP contribution in [0.15, 0.2) is 4.79 Å². The van der Waals surface area contributed by atoms with Crippen molar-refractivity contribution in [3.8, 4) is 0 Å². The van der Waals surface area contributed by atoms with Gasteiger partial charge in [-0.1, -0.05) is 13.8 Å². The number of anilines is 2. The van der Waals surface area contributed by atoms with Crippen molar-refractivity contribution in [1.82, 2.24) is 15.3 Å². The van der Waals surface area contributed by atoms with Gasteiger partial charge in [-0.05, 0) is 5.92 Å². The highest BCUT2D eigenvalue weighted by Gasteiger charge is 2.17. The number of hydrogen-bond donors (Lipinski definition) is 3. The predicted molar refractivity (Wildman–Crippen MR) is 68.4 cm³/mol. The standard InChI is InChI=1S/C11H19N5O/c1-7(2)8-9(12)14-11(15-10(8)17)16-5-3-13-4-6-16/h7,13H,3-6H2,1-2H3,(H3,12,14,15,17). The second-order valence-corrected chi connectivity index (χ2v) is 4.58. The lowest BCUT2D eigenvalue weighted by Gasteiger charge is -2.28. The van der Waals surface area contributed by atoms with E-state index in [0.717, 1.165) is 26.2 Å². The van der Waals surface area contributed by atoms with Gasteiger partial charge in [-0.15, -0.1) is 0 Å². The number of nitrogens with zero attached hydrogens (tertiary/aromatic N) is 2. The van der Waals surface area contributed by atoms with E-state index in [0.29, 0.717) is 17.3 Å². The Bertz CT molecular complexity index is 448. The minimum absolute atomic E-state index is 0.0864.